The predicted molar refractivity (Wildman–Crippen MR) is 78.3 cm³/mol. The standard InChI is InChI=1S/C18H12O/c1-3-7-13(8-4-1)16-11-15-12-17(18(16)19-15)14-9-5-2-6-10-14/h1-12H. The monoisotopic (exact) mass is 244 g/mol. The first-order valence-corrected chi connectivity index (χ1v) is 6.38. The molecule has 0 aliphatic rings. The van der Waals surface area contributed by atoms with Crippen LogP contribution in [0.3, 0.4) is 0 Å². The molecular weight excluding hydrogens is 232 g/mol. The van der Waals surface area contributed by atoms with Crippen molar-refractivity contribution in [1.29, 1.82) is 0 Å². The van der Waals surface area contributed by atoms with Crippen LogP contribution in [-0.2, 0) is 0 Å². The minimum atomic E-state index is 0.938. The van der Waals surface area contributed by atoms with Crippen LogP contribution < -0.4 is 0 Å². The van der Waals surface area contributed by atoms with Crippen LogP contribution in [0, 0.1) is 0 Å². The van der Waals surface area contributed by atoms with E-state index in [1.54, 1.807) is 0 Å². The van der Waals surface area contributed by atoms with E-state index in [0.29, 0.717) is 0 Å². The van der Waals surface area contributed by atoms with Crippen molar-refractivity contribution in [3.8, 4) is 22.3 Å². The summed E-state index contributed by atoms with van der Waals surface area (Å²) in [6.45, 7) is 0. The lowest BCUT2D eigenvalue weighted by Gasteiger charge is -2.02. The number of furan rings is 2. The van der Waals surface area contributed by atoms with E-state index in [1.165, 1.54) is 22.3 Å². The van der Waals surface area contributed by atoms with Crippen LogP contribution in [-0.4, -0.2) is 0 Å². The molecule has 0 unspecified atom stereocenters. The molecule has 0 saturated heterocycles. The van der Waals surface area contributed by atoms with Gasteiger partial charge in [0.2, 0.25) is 0 Å². The summed E-state index contributed by atoms with van der Waals surface area (Å²) in [7, 11) is 0. The molecule has 0 radical (unpaired) electrons. The van der Waals surface area contributed by atoms with Crippen LogP contribution in [0.2, 0.25) is 0 Å². The van der Waals surface area contributed by atoms with Crippen molar-refractivity contribution in [2.75, 3.05) is 0 Å². The van der Waals surface area contributed by atoms with Crippen molar-refractivity contribution in [2.45, 2.75) is 0 Å². The molecule has 0 saturated carbocycles. The molecule has 2 bridgehead atoms. The Hall–Kier alpha value is -2.54. The average molecular weight is 244 g/mol. The molecule has 19 heavy (non-hydrogen) atoms. The first-order valence-electron chi connectivity index (χ1n) is 6.38. The summed E-state index contributed by atoms with van der Waals surface area (Å²) in [4.78, 5) is 0. The number of benzene rings is 3. The fourth-order valence-corrected chi connectivity index (χ4v) is 2.55. The van der Waals surface area contributed by atoms with Crippen LogP contribution >= 0.6 is 0 Å². The quantitative estimate of drug-likeness (QED) is 0.472. The molecule has 0 spiro atoms. The van der Waals surface area contributed by atoms with Crippen molar-refractivity contribution < 1.29 is 4.42 Å². The van der Waals surface area contributed by atoms with E-state index in [4.69, 9.17) is 4.42 Å². The van der Waals surface area contributed by atoms with Crippen molar-refractivity contribution in [3.05, 3.63) is 72.8 Å². The van der Waals surface area contributed by atoms with E-state index in [-0.39, 0.29) is 0 Å². The van der Waals surface area contributed by atoms with Gasteiger partial charge in [0.15, 0.2) is 0 Å². The average Bonchev–Trinajstić information content (AvgIpc) is 3.09. The van der Waals surface area contributed by atoms with Crippen molar-refractivity contribution in [3.63, 3.8) is 0 Å². The molecule has 1 nitrogen and oxygen atoms in total. The highest BCUT2D eigenvalue weighted by Crippen LogP contribution is 2.39. The summed E-state index contributed by atoms with van der Waals surface area (Å²) in [5, 5.41) is 0. The van der Waals surface area contributed by atoms with E-state index in [9.17, 15) is 0 Å². The Morgan fingerprint density at radius 3 is 1.47 bits per heavy atom. The van der Waals surface area contributed by atoms with Crippen LogP contribution in [0.5, 0.6) is 0 Å². The van der Waals surface area contributed by atoms with Gasteiger partial charge in [0, 0.05) is 11.1 Å². The molecule has 0 amide bonds. The van der Waals surface area contributed by atoms with Gasteiger partial charge in [0.05, 0.1) is 0 Å². The maximum atomic E-state index is 5.85. The molecule has 90 valence electrons. The molecule has 0 aliphatic heterocycles. The first kappa shape index (κ1) is 10.4. The molecule has 0 fully saturated rings. The molecule has 4 rings (SSSR count). The second-order valence-electron chi connectivity index (χ2n) is 4.68. The predicted octanol–water partition coefficient (Wildman–Crippen LogP) is 5.20. The fraction of sp³-hybridized carbons (Fsp3) is 0. The van der Waals surface area contributed by atoms with Gasteiger partial charge >= 0.3 is 0 Å². The van der Waals surface area contributed by atoms with Gasteiger partial charge in [0.25, 0.3) is 0 Å². The number of rotatable bonds is 2. The minimum Gasteiger partial charge on any atom is -0.456 e. The van der Waals surface area contributed by atoms with Gasteiger partial charge in [-0.15, -0.1) is 0 Å². The van der Waals surface area contributed by atoms with Gasteiger partial charge in [-0.25, -0.2) is 0 Å². The van der Waals surface area contributed by atoms with Crippen molar-refractivity contribution in [2.24, 2.45) is 0 Å². The van der Waals surface area contributed by atoms with E-state index in [0.717, 1.165) is 11.2 Å². The smallest absolute Gasteiger partial charge is 0.143 e. The Kier molecular flexibility index (Phi) is 2.18. The molecular formula is C18H12O. The number of hydrogen-bond donors (Lipinski definition) is 0. The van der Waals surface area contributed by atoms with Crippen LogP contribution in [0.1, 0.15) is 0 Å². The van der Waals surface area contributed by atoms with E-state index in [1.807, 2.05) is 12.1 Å². The normalized spacial score (nSPS) is 11.2. The van der Waals surface area contributed by atoms with E-state index < -0.39 is 0 Å². The number of fused-ring (bicyclic) bond motifs is 2. The van der Waals surface area contributed by atoms with Gasteiger partial charge in [-0.3, -0.25) is 0 Å². The maximum Gasteiger partial charge on any atom is 0.143 e. The third-order valence-corrected chi connectivity index (χ3v) is 3.45. The SMILES string of the molecule is c1ccc(-c2cc3cc(-c4ccccc4)c2o3)cc1. The lowest BCUT2D eigenvalue weighted by Crippen LogP contribution is -1.79. The third kappa shape index (κ3) is 1.63. The van der Waals surface area contributed by atoms with Gasteiger partial charge in [-0.05, 0) is 23.3 Å². The number of hydrogen-bond acceptors (Lipinski definition) is 1. The zero-order valence-electron chi connectivity index (χ0n) is 10.3. The molecule has 4 aromatic rings. The fourth-order valence-electron chi connectivity index (χ4n) is 2.55. The zero-order valence-corrected chi connectivity index (χ0v) is 10.3. The zero-order chi connectivity index (χ0) is 12.7. The Balaban J connectivity index is 1.93. The lowest BCUT2D eigenvalue weighted by molar-refractivity contribution is 0.676. The molecule has 0 atom stereocenters. The van der Waals surface area contributed by atoms with Gasteiger partial charge in [-0.2, -0.15) is 0 Å². The molecule has 1 heteroatoms. The summed E-state index contributed by atoms with van der Waals surface area (Å²) in [6, 6.07) is 25.0. The van der Waals surface area contributed by atoms with Crippen LogP contribution in [0.4, 0.5) is 0 Å². The highest BCUT2D eigenvalue weighted by molar-refractivity contribution is 5.97. The summed E-state index contributed by atoms with van der Waals surface area (Å²) >= 11 is 0. The molecule has 0 N–H and O–H groups in total. The summed E-state index contributed by atoms with van der Waals surface area (Å²) < 4.78 is 5.85. The first-order chi connectivity index (χ1) is 9.42. The Morgan fingerprint density at radius 2 is 1.05 bits per heavy atom. The van der Waals surface area contributed by atoms with Gasteiger partial charge < -0.3 is 4.42 Å². The summed E-state index contributed by atoms with van der Waals surface area (Å²) in [5.74, 6) is 0. The Morgan fingerprint density at radius 1 is 0.579 bits per heavy atom. The molecule has 2 aromatic carbocycles. The third-order valence-electron chi connectivity index (χ3n) is 3.45. The highest BCUT2D eigenvalue weighted by atomic mass is 16.3. The van der Waals surface area contributed by atoms with Crippen molar-refractivity contribution >= 4 is 11.2 Å². The topological polar surface area (TPSA) is 13.1 Å². The Labute approximate surface area is 111 Å². The summed E-state index contributed by atoms with van der Waals surface area (Å²) in [6.07, 6.45) is 0. The van der Waals surface area contributed by atoms with Crippen LogP contribution in [0.25, 0.3) is 33.4 Å². The summed E-state index contributed by atoms with van der Waals surface area (Å²) in [5.41, 5.74) is 6.68. The van der Waals surface area contributed by atoms with Crippen molar-refractivity contribution in [1.82, 2.24) is 0 Å². The van der Waals surface area contributed by atoms with E-state index in [2.05, 4.69) is 60.7 Å². The second kappa shape index (κ2) is 3.99. The molecule has 2 aromatic heterocycles. The Bertz CT molecular complexity index is 734. The maximum absolute atomic E-state index is 5.85. The van der Waals surface area contributed by atoms with Crippen LogP contribution in [0.15, 0.2) is 77.2 Å². The van der Waals surface area contributed by atoms with E-state index >= 15 is 0 Å². The molecule has 2 heterocycles. The largest absolute Gasteiger partial charge is 0.456 e. The highest BCUT2D eigenvalue weighted by Gasteiger charge is 2.16. The van der Waals surface area contributed by atoms with Gasteiger partial charge in [0.1, 0.15) is 11.2 Å². The molecule has 0 aliphatic carbocycles. The lowest BCUT2D eigenvalue weighted by atomic mass is 9.99. The van der Waals surface area contributed by atoms with Gasteiger partial charge in [-0.1, -0.05) is 60.7 Å². The minimum absolute atomic E-state index is 0.938. The second-order valence-corrected chi connectivity index (χ2v) is 4.68.